The molecule has 0 radical (unpaired) electrons. The number of nitrogens with one attached hydrogen (secondary N) is 1. The summed E-state index contributed by atoms with van der Waals surface area (Å²) < 4.78 is 37.5. The third-order valence-corrected chi connectivity index (χ3v) is 5.58. The van der Waals surface area contributed by atoms with Crippen LogP contribution in [0.5, 0.6) is 0 Å². The summed E-state index contributed by atoms with van der Waals surface area (Å²) in [5.74, 6) is 2.44. The van der Waals surface area contributed by atoms with Gasteiger partial charge >= 0.3 is 0 Å². The Bertz CT molecular complexity index is 632. The molecule has 2 heterocycles. The Morgan fingerprint density at radius 1 is 1.50 bits per heavy atom. The first-order valence-electron chi connectivity index (χ1n) is 6.47. The molecule has 1 aliphatic carbocycles. The zero-order valence-electron chi connectivity index (χ0n) is 11.1. The van der Waals surface area contributed by atoms with Gasteiger partial charge in [-0.25, -0.2) is 18.1 Å². The van der Waals surface area contributed by atoms with Gasteiger partial charge in [-0.2, -0.15) is 0 Å². The van der Waals surface area contributed by atoms with Crippen molar-refractivity contribution in [1.29, 1.82) is 0 Å². The van der Waals surface area contributed by atoms with Crippen LogP contribution >= 0.6 is 11.8 Å². The van der Waals surface area contributed by atoms with Crippen molar-refractivity contribution in [2.75, 3.05) is 18.9 Å². The predicted octanol–water partition coefficient (Wildman–Crippen LogP) is 1.83. The predicted molar refractivity (Wildman–Crippen MR) is 74.8 cm³/mol. The highest BCUT2D eigenvalue weighted by molar-refractivity contribution is 8.03. The molecule has 20 heavy (non-hydrogen) atoms. The Hall–Kier alpha value is -0.990. The number of aromatic nitrogens is 1. The second kappa shape index (κ2) is 5.42. The van der Waals surface area contributed by atoms with Gasteiger partial charge in [0.15, 0.2) is 5.89 Å². The monoisotopic (exact) mass is 316 g/mol. The minimum atomic E-state index is -3.65. The Kier molecular flexibility index (Phi) is 3.78. The average Bonchev–Trinajstić information content (AvgIpc) is 3.15. The van der Waals surface area contributed by atoms with Gasteiger partial charge in [0.1, 0.15) is 5.76 Å². The number of ether oxygens (including phenoxy) is 1. The van der Waals surface area contributed by atoms with Crippen molar-refractivity contribution >= 4 is 21.8 Å². The first-order chi connectivity index (χ1) is 9.56. The van der Waals surface area contributed by atoms with Gasteiger partial charge in [0.05, 0.1) is 12.8 Å². The molecule has 0 atom stereocenters. The summed E-state index contributed by atoms with van der Waals surface area (Å²) in [6.45, 7) is 2.73. The molecule has 1 aromatic rings. The quantitative estimate of drug-likeness (QED) is 0.892. The van der Waals surface area contributed by atoms with E-state index in [2.05, 4.69) is 9.71 Å². The highest BCUT2D eigenvalue weighted by Gasteiger charge is 2.30. The molecule has 0 aromatic carbocycles. The Labute approximate surface area is 122 Å². The first-order valence-corrected chi connectivity index (χ1v) is 8.94. The number of nitrogens with zero attached hydrogens (tertiary/aromatic N) is 1. The molecule has 0 bridgehead atoms. The van der Waals surface area contributed by atoms with E-state index in [-0.39, 0.29) is 11.6 Å². The van der Waals surface area contributed by atoms with Crippen LogP contribution in [0, 0.1) is 0 Å². The molecular weight excluding hydrogens is 300 g/mol. The fourth-order valence-electron chi connectivity index (χ4n) is 1.86. The molecule has 8 heteroatoms. The molecule has 0 unspecified atom stereocenters. The third kappa shape index (κ3) is 3.02. The molecule has 0 amide bonds. The smallest absolute Gasteiger partial charge is 0.275 e. The zero-order valence-corrected chi connectivity index (χ0v) is 12.7. The van der Waals surface area contributed by atoms with E-state index in [1.807, 2.05) is 6.92 Å². The van der Waals surface area contributed by atoms with E-state index in [0.29, 0.717) is 18.4 Å². The third-order valence-electron chi connectivity index (χ3n) is 3.19. The van der Waals surface area contributed by atoms with Gasteiger partial charge in [-0.1, -0.05) is 0 Å². The van der Waals surface area contributed by atoms with Gasteiger partial charge in [-0.15, -0.1) is 11.8 Å². The van der Waals surface area contributed by atoms with E-state index < -0.39 is 10.0 Å². The summed E-state index contributed by atoms with van der Waals surface area (Å²) >= 11 is 1.61. The molecule has 0 saturated heterocycles. The lowest BCUT2D eigenvalue weighted by Gasteiger charge is -2.18. The summed E-state index contributed by atoms with van der Waals surface area (Å²) in [4.78, 5) is 4.93. The number of hydrogen-bond donors (Lipinski definition) is 1. The molecule has 1 saturated carbocycles. The van der Waals surface area contributed by atoms with Crippen LogP contribution in [0.2, 0.25) is 0 Å². The molecule has 0 spiro atoms. The van der Waals surface area contributed by atoms with Crippen LogP contribution in [0.25, 0.3) is 0 Å². The van der Waals surface area contributed by atoms with Crippen LogP contribution in [-0.4, -0.2) is 32.3 Å². The van der Waals surface area contributed by atoms with Crippen molar-refractivity contribution in [3.05, 3.63) is 22.8 Å². The van der Waals surface area contributed by atoms with Crippen molar-refractivity contribution in [3.63, 3.8) is 0 Å². The molecular formula is C12H16N2O4S2. The molecule has 1 fully saturated rings. The van der Waals surface area contributed by atoms with Crippen LogP contribution < -0.4 is 4.72 Å². The summed E-state index contributed by atoms with van der Waals surface area (Å²) in [6.07, 6.45) is 3.32. The molecule has 1 aliphatic heterocycles. The van der Waals surface area contributed by atoms with Gasteiger partial charge < -0.3 is 9.15 Å². The van der Waals surface area contributed by atoms with Crippen molar-refractivity contribution in [1.82, 2.24) is 9.71 Å². The lowest BCUT2D eigenvalue weighted by atomic mass is 10.4. The van der Waals surface area contributed by atoms with E-state index in [0.717, 1.165) is 29.3 Å². The van der Waals surface area contributed by atoms with E-state index in [9.17, 15) is 8.42 Å². The molecule has 1 aromatic heterocycles. The van der Waals surface area contributed by atoms with E-state index >= 15 is 0 Å². The SMILES string of the molecule is CC1=C(CNS(=O)(=O)c2cnc(C3CC3)o2)SCCO1. The Morgan fingerprint density at radius 2 is 2.30 bits per heavy atom. The topological polar surface area (TPSA) is 81.4 Å². The number of allylic oxidation sites excluding steroid dienone is 1. The van der Waals surface area contributed by atoms with Crippen LogP contribution in [0.15, 0.2) is 26.4 Å². The van der Waals surface area contributed by atoms with Crippen LogP contribution in [0.3, 0.4) is 0 Å². The summed E-state index contributed by atoms with van der Waals surface area (Å²) in [7, 11) is -3.65. The minimum Gasteiger partial charge on any atom is -0.496 e. The Balaban J connectivity index is 1.68. The molecule has 2 aliphatic rings. The highest BCUT2D eigenvalue weighted by Crippen LogP contribution is 2.39. The maximum Gasteiger partial charge on any atom is 0.275 e. The molecule has 3 rings (SSSR count). The van der Waals surface area contributed by atoms with Gasteiger partial charge in [0.25, 0.3) is 15.1 Å². The minimum absolute atomic E-state index is 0.112. The van der Waals surface area contributed by atoms with Crippen molar-refractivity contribution in [3.8, 4) is 0 Å². The van der Waals surface area contributed by atoms with Gasteiger partial charge in [0, 0.05) is 23.1 Å². The van der Waals surface area contributed by atoms with Gasteiger partial charge in [-0.3, -0.25) is 0 Å². The number of hydrogen-bond acceptors (Lipinski definition) is 6. The number of thioether (sulfide) groups is 1. The molecule has 1 N–H and O–H groups in total. The largest absolute Gasteiger partial charge is 0.496 e. The average molecular weight is 316 g/mol. The summed E-state index contributed by atoms with van der Waals surface area (Å²) in [5, 5.41) is -0.112. The van der Waals surface area contributed by atoms with Crippen molar-refractivity contribution in [2.45, 2.75) is 30.8 Å². The van der Waals surface area contributed by atoms with Crippen molar-refractivity contribution in [2.24, 2.45) is 0 Å². The second-order valence-corrected chi connectivity index (χ2v) is 7.68. The maximum absolute atomic E-state index is 12.1. The van der Waals surface area contributed by atoms with Crippen LogP contribution in [0.4, 0.5) is 0 Å². The Morgan fingerprint density at radius 3 is 3.00 bits per heavy atom. The van der Waals surface area contributed by atoms with Crippen LogP contribution in [-0.2, 0) is 14.8 Å². The fourth-order valence-corrected chi connectivity index (χ4v) is 3.67. The van der Waals surface area contributed by atoms with E-state index in [1.165, 1.54) is 6.20 Å². The number of rotatable bonds is 5. The lowest BCUT2D eigenvalue weighted by Crippen LogP contribution is -2.26. The first kappa shape index (κ1) is 14.0. The van der Waals surface area contributed by atoms with Gasteiger partial charge in [0.2, 0.25) is 0 Å². The van der Waals surface area contributed by atoms with Crippen LogP contribution in [0.1, 0.15) is 31.6 Å². The second-order valence-electron chi connectivity index (χ2n) is 4.79. The summed E-state index contributed by atoms with van der Waals surface area (Å²) in [5.41, 5.74) is 0. The fraction of sp³-hybridized carbons (Fsp3) is 0.583. The standard InChI is InChI=1S/C12H16N2O4S2/c1-8-10(19-5-4-17-8)6-14-20(15,16)11-7-13-12(18-11)9-2-3-9/h7,9,14H,2-6H2,1H3. The zero-order chi connectivity index (χ0) is 14.2. The summed E-state index contributed by atoms with van der Waals surface area (Å²) in [6, 6.07) is 0. The number of oxazole rings is 1. The van der Waals surface area contributed by atoms with E-state index in [4.69, 9.17) is 9.15 Å². The van der Waals surface area contributed by atoms with Crippen molar-refractivity contribution < 1.29 is 17.6 Å². The molecule has 110 valence electrons. The van der Waals surface area contributed by atoms with Gasteiger partial charge in [-0.05, 0) is 19.8 Å². The maximum atomic E-state index is 12.1. The highest BCUT2D eigenvalue weighted by atomic mass is 32.2. The normalized spacial score (nSPS) is 20.1. The molecule has 6 nitrogen and oxygen atoms in total. The number of sulfonamides is 1. The lowest BCUT2D eigenvalue weighted by molar-refractivity contribution is 0.229. The van der Waals surface area contributed by atoms with E-state index in [1.54, 1.807) is 11.8 Å².